The van der Waals surface area contributed by atoms with Crippen LogP contribution in [0.5, 0.6) is 11.5 Å². The summed E-state index contributed by atoms with van der Waals surface area (Å²) in [6.07, 6.45) is 3.67. The summed E-state index contributed by atoms with van der Waals surface area (Å²) in [7, 11) is 0. The molecule has 4 heterocycles. The number of rotatable bonds is 56. The van der Waals surface area contributed by atoms with E-state index in [4.69, 9.17) is 47.4 Å². The van der Waals surface area contributed by atoms with Crippen molar-refractivity contribution < 1.29 is 122 Å². The summed E-state index contributed by atoms with van der Waals surface area (Å²) >= 11 is 0. The number of amides is 5. The van der Waals surface area contributed by atoms with Gasteiger partial charge >= 0.3 is 5.97 Å². The van der Waals surface area contributed by atoms with Gasteiger partial charge in [0.2, 0.25) is 29.5 Å². The number of esters is 1. The van der Waals surface area contributed by atoms with Gasteiger partial charge in [0.1, 0.15) is 59.8 Å². The first-order valence-corrected chi connectivity index (χ1v) is 42.2. The number of aliphatic hydroxyl groups excluding tert-OH is 9. The van der Waals surface area contributed by atoms with Crippen LogP contribution in [-0.2, 0) is 73.1 Å². The van der Waals surface area contributed by atoms with Gasteiger partial charge < -0.3 is 119 Å². The minimum Gasteiger partial charge on any atom is -0.487 e. The van der Waals surface area contributed by atoms with E-state index in [0.717, 1.165) is 65.5 Å². The molecule has 0 spiro atoms. The number of benzene rings is 1. The maximum absolute atomic E-state index is 14.8. The van der Waals surface area contributed by atoms with Crippen LogP contribution in [0.4, 0.5) is 0 Å². The lowest BCUT2D eigenvalue weighted by atomic mass is 9.83. The fourth-order valence-electron chi connectivity index (χ4n) is 14.9. The third-order valence-electron chi connectivity index (χ3n) is 22.7. The summed E-state index contributed by atoms with van der Waals surface area (Å²) in [6.45, 7) is 22.1. The molecule has 0 aliphatic carbocycles. The Morgan fingerprint density at radius 3 is 1.36 bits per heavy atom. The Labute approximate surface area is 671 Å². The van der Waals surface area contributed by atoms with Crippen molar-refractivity contribution in [2.24, 2.45) is 35.5 Å². The second kappa shape index (κ2) is 52.9. The lowest BCUT2D eigenvalue weighted by molar-refractivity contribution is -0.282. The van der Waals surface area contributed by atoms with Crippen LogP contribution in [0.25, 0.3) is 0 Å². The lowest BCUT2D eigenvalue weighted by Crippen LogP contribution is -2.55. The summed E-state index contributed by atoms with van der Waals surface area (Å²) in [5.41, 5.74) is 3.53. The van der Waals surface area contributed by atoms with Gasteiger partial charge in [0.25, 0.3) is 0 Å². The standard InChI is InChI=1S/C83H145N5O25/c1-52(2)23-20-24-53(3)25-21-26-54(4)27-22-35-83(11)36-32-61-57(7)77(55(5)56(6)78(61)113-83)112-70(96)34-46-105-48-47-104-45-33-69(95)87-62(28-12-16-37-84-66(92)29-13-17-42-106-80-58(8)71(97)74(100)63(49-89)109-80)79(103)88(40-38-85-67(93)30-14-18-43-107-81-59(9)72(98)75(101)64(50-90)110-81)41-39-86-68(94)31-15-19-44-108-82-60(10)73(99)76(102)65(51-91)111-82/h52-54,58-60,62-65,71-76,80-82,89-91,97-102H,12-51H2,1-11H3,(H,84,92)(H,85,93)(H,86,94)(H,87,95)/t53-,54-,58?,59?,60?,62?,63?,64?,65?,71?,72?,73?,74?,75?,76?,80?,81?,82?,83-/m1/s1. The van der Waals surface area contributed by atoms with Crippen molar-refractivity contribution in [1.29, 1.82) is 0 Å². The first-order chi connectivity index (χ1) is 53.9. The zero-order chi connectivity index (χ0) is 83.2. The second-order valence-electron chi connectivity index (χ2n) is 32.8. The molecule has 30 heteroatoms. The van der Waals surface area contributed by atoms with Gasteiger partial charge in [-0.25, -0.2) is 0 Å². The highest BCUT2D eigenvalue weighted by Crippen LogP contribution is 2.45. The molecule has 16 unspecified atom stereocenters. The molecule has 0 aromatic heterocycles. The number of nitrogens with one attached hydrogen (secondary N) is 4. The van der Waals surface area contributed by atoms with E-state index in [0.29, 0.717) is 63.0 Å². The van der Waals surface area contributed by atoms with Crippen LogP contribution in [0.15, 0.2) is 0 Å². The van der Waals surface area contributed by atoms with Crippen LogP contribution in [0.1, 0.15) is 232 Å². The highest BCUT2D eigenvalue weighted by molar-refractivity contribution is 5.88. The Hall–Kier alpha value is -4.84. The molecule has 0 bridgehead atoms. The summed E-state index contributed by atoms with van der Waals surface area (Å²) in [6, 6.07) is -1.09. The van der Waals surface area contributed by atoms with Crippen molar-refractivity contribution in [3.05, 3.63) is 22.3 Å². The minimum atomic E-state index is -1.27. The molecular weight excluding hydrogens is 1470 g/mol. The molecule has 113 heavy (non-hydrogen) atoms. The Morgan fingerprint density at radius 1 is 0.478 bits per heavy atom. The molecule has 1 aromatic carbocycles. The zero-order valence-electron chi connectivity index (χ0n) is 69.8. The summed E-state index contributed by atoms with van der Waals surface area (Å²) in [5, 5.41) is 102. The molecule has 4 aliphatic rings. The Bertz CT molecular complexity index is 2870. The van der Waals surface area contributed by atoms with E-state index in [2.05, 4.69) is 55.9 Å². The van der Waals surface area contributed by atoms with E-state index in [-0.39, 0.29) is 141 Å². The third-order valence-corrected chi connectivity index (χ3v) is 22.7. The molecule has 5 amide bonds. The number of carbonyl (C=O) groups is 6. The van der Waals surface area contributed by atoms with Crippen molar-refractivity contribution in [1.82, 2.24) is 26.2 Å². The quantitative estimate of drug-likeness (QED) is 0.0218. The van der Waals surface area contributed by atoms with E-state index in [9.17, 15) is 74.7 Å². The van der Waals surface area contributed by atoms with Gasteiger partial charge in [0.15, 0.2) is 18.9 Å². The third kappa shape index (κ3) is 34.2. The highest BCUT2D eigenvalue weighted by atomic mass is 16.7. The van der Waals surface area contributed by atoms with Crippen LogP contribution >= 0.6 is 0 Å². The molecule has 3 saturated heterocycles. The van der Waals surface area contributed by atoms with Crippen molar-refractivity contribution in [3.63, 3.8) is 0 Å². The van der Waals surface area contributed by atoms with Gasteiger partial charge in [0, 0.05) is 102 Å². The van der Waals surface area contributed by atoms with Gasteiger partial charge in [-0.3, -0.25) is 28.8 Å². The molecule has 1 aromatic rings. The fourth-order valence-corrected chi connectivity index (χ4v) is 14.9. The minimum absolute atomic E-state index is 0.00610. The smallest absolute Gasteiger partial charge is 0.313 e. The molecule has 0 radical (unpaired) electrons. The molecule has 652 valence electrons. The molecule has 19 atom stereocenters. The monoisotopic (exact) mass is 1610 g/mol. The van der Waals surface area contributed by atoms with E-state index in [1.165, 1.54) is 49.8 Å². The number of aliphatic hydroxyl groups is 9. The van der Waals surface area contributed by atoms with Crippen LogP contribution in [0.3, 0.4) is 0 Å². The highest BCUT2D eigenvalue weighted by Gasteiger charge is 2.45. The van der Waals surface area contributed by atoms with Gasteiger partial charge in [-0.1, -0.05) is 93.4 Å². The Morgan fingerprint density at radius 2 is 0.912 bits per heavy atom. The predicted octanol–water partition coefficient (Wildman–Crippen LogP) is 5.47. The average molecular weight is 1610 g/mol. The van der Waals surface area contributed by atoms with Gasteiger partial charge in [-0.2, -0.15) is 0 Å². The van der Waals surface area contributed by atoms with Crippen LogP contribution in [-0.4, -0.2) is 271 Å². The number of hydrogen-bond donors (Lipinski definition) is 13. The number of nitrogens with zero attached hydrogens (tertiary/aromatic N) is 1. The van der Waals surface area contributed by atoms with E-state index < -0.39 is 135 Å². The lowest BCUT2D eigenvalue weighted by Gasteiger charge is -2.40. The molecule has 30 nitrogen and oxygen atoms in total. The Kier molecular flexibility index (Phi) is 46.2. The maximum atomic E-state index is 14.8. The first kappa shape index (κ1) is 98.7. The predicted molar refractivity (Wildman–Crippen MR) is 421 cm³/mol. The SMILES string of the molecule is Cc1c(C)c2c(c(C)c1OC(=O)CCOCCOCCC(=O)NC(CCCCNC(=O)CCCCOC1OC(CO)C(O)C(O)C1C)C(=O)N(CCNC(=O)CCCCOC1OC(CO)C(O)C(O)C1C)CCNC(=O)CCCCOC1OC(CO)C(O)C(O)C1C)CC[C@@](C)(CCC[C@H](C)CCC[C@H](C)CCCC(C)C)O2. The first-order valence-electron chi connectivity index (χ1n) is 42.2. The Balaban J connectivity index is 1.13. The number of ether oxygens (including phenoxy) is 10. The fraction of sp³-hybridized carbons (Fsp3) is 0.855. The molecule has 5 rings (SSSR count). The number of unbranched alkanes of at least 4 members (excludes halogenated alkanes) is 4. The molecule has 4 aliphatic heterocycles. The number of carbonyl (C=O) groups excluding carboxylic acids is 6. The van der Waals surface area contributed by atoms with Crippen LogP contribution in [0, 0.1) is 56.3 Å². The topological polar surface area (TPSA) is 428 Å². The summed E-state index contributed by atoms with van der Waals surface area (Å²) < 4.78 is 58.8. The second-order valence-corrected chi connectivity index (χ2v) is 32.8. The molecule has 3 fully saturated rings. The van der Waals surface area contributed by atoms with Crippen molar-refractivity contribution in [2.45, 2.75) is 322 Å². The number of hydrogen-bond acceptors (Lipinski definition) is 25. The van der Waals surface area contributed by atoms with E-state index in [1.807, 2.05) is 20.8 Å². The summed E-state index contributed by atoms with van der Waals surface area (Å²) in [4.78, 5) is 82.8. The van der Waals surface area contributed by atoms with E-state index in [1.54, 1.807) is 20.8 Å². The number of fused-ring (bicyclic) bond motifs is 1. The maximum Gasteiger partial charge on any atom is 0.313 e. The van der Waals surface area contributed by atoms with Crippen LogP contribution < -0.4 is 30.7 Å². The van der Waals surface area contributed by atoms with Gasteiger partial charge in [-0.05, 0) is 146 Å². The van der Waals surface area contributed by atoms with Gasteiger partial charge in [-0.15, -0.1) is 0 Å². The molecule has 0 saturated carbocycles. The van der Waals surface area contributed by atoms with Crippen molar-refractivity contribution in [2.75, 3.05) is 98.8 Å². The van der Waals surface area contributed by atoms with Gasteiger partial charge in [0.05, 0.1) is 71.0 Å². The normalized spacial score (nSPS) is 26.5. The van der Waals surface area contributed by atoms with Crippen LogP contribution in [0.2, 0.25) is 0 Å². The largest absolute Gasteiger partial charge is 0.487 e. The van der Waals surface area contributed by atoms with E-state index >= 15 is 0 Å². The zero-order valence-corrected chi connectivity index (χ0v) is 69.8. The molecular formula is C83H145N5O25. The van der Waals surface area contributed by atoms with Crippen molar-refractivity contribution >= 4 is 35.5 Å². The molecule has 13 N–H and O–H groups in total. The average Bonchev–Trinajstić information content (AvgIpc) is 0.758. The summed E-state index contributed by atoms with van der Waals surface area (Å²) in [5.74, 6) is -0.306. The van der Waals surface area contributed by atoms with Crippen molar-refractivity contribution in [3.8, 4) is 11.5 Å².